The van der Waals surface area contributed by atoms with E-state index in [-0.39, 0.29) is 49.0 Å². The summed E-state index contributed by atoms with van der Waals surface area (Å²) < 4.78 is 30.3. The van der Waals surface area contributed by atoms with Crippen LogP contribution >= 0.6 is 0 Å². The van der Waals surface area contributed by atoms with Gasteiger partial charge in [0.05, 0.1) is 46.1 Å². The maximum absolute atomic E-state index is 11.2. The van der Waals surface area contributed by atoms with Gasteiger partial charge in [0.2, 0.25) is 0 Å². The van der Waals surface area contributed by atoms with Gasteiger partial charge in [-0.2, -0.15) is 0 Å². The monoisotopic (exact) mass is 710 g/mol. The first-order valence-corrected chi connectivity index (χ1v) is 14.8. The summed E-state index contributed by atoms with van der Waals surface area (Å²) >= 11 is 0. The molecule has 0 amide bonds. The minimum atomic E-state index is -0.710. The number of rotatable bonds is 14. The first kappa shape index (κ1) is 44.9. The summed E-state index contributed by atoms with van der Waals surface area (Å²) in [5, 5.41) is 26.1. The molecule has 52 heavy (non-hydrogen) atoms. The molecule has 2 aromatic rings. The Labute approximate surface area is 302 Å². The number of methoxy groups -OCH3 is 2. The molecule has 0 aliphatic carbocycles. The number of hydrogen-bond donors (Lipinski definition) is 1. The fourth-order valence-electron chi connectivity index (χ4n) is 3.10. The van der Waals surface area contributed by atoms with Crippen molar-refractivity contribution in [2.45, 2.75) is 20.8 Å². The topological polar surface area (TPSA) is 183 Å². The van der Waals surface area contributed by atoms with Crippen LogP contribution in [-0.2, 0) is 23.9 Å². The summed E-state index contributed by atoms with van der Waals surface area (Å²) in [5.74, 6) is 0.0225. The quantitative estimate of drug-likeness (QED) is 0.0600. The van der Waals surface area contributed by atoms with E-state index in [1.807, 2.05) is 0 Å². The van der Waals surface area contributed by atoms with Gasteiger partial charge in [0.15, 0.2) is 23.0 Å². The van der Waals surface area contributed by atoms with E-state index in [4.69, 9.17) is 52.5 Å². The zero-order chi connectivity index (χ0) is 39.6. The van der Waals surface area contributed by atoms with Crippen LogP contribution in [0, 0.1) is 35.8 Å². The SMILES string of the molecule is C=C(C)C(=O)OC(=O)C(=C)C.[C-]#[N+]/C(C#N)=C/c1ccc(OCCO)c(OC)c1.[C-]#[N+]/C(C#N)=C/c1ccc(OCCOC(=O)C(=C)C)c(OC)c1. The maximum Gasteiger partial charge on any atom is 0.340 e. The molecule has 0 spiro atoms. The second-order valence-corrected chi connectivity index (χ2v) is 9.90. The zero-order valence-corrected chi connectivity index (χ0v) is 29.5. The Bertz CT molecular complexity index is 1810. The van der Waals surface area contributed by atoms with E-state index >= 15 is 0 Å². The molecule has 0 aliphatic heterocycles. The van der Waals surface area contributed by atoms with Gasteiger partial charge >= 0.3 is 17.9 Å². The average Bonchev–Trinajstić information content (AvgIpc) is 3.14. The second-order valence-electron chi connectivity index (χ2n) is 9.90. The fourth-order valence-corrected chi connectivity index (χ4v) is 3.10. The summed E-state index contributed by atoms with van der Waals surface area (Å²) in [5.41, 5.74) is 2.02. The third-order valence-corrected chi connectivity index (χ3v) is 5.61. The molecule has 0 aliphatic rings. The standard InChI is InChI=1S/C17H16N2O4.C13H12N2O3.C8H10O3/c1-12(2)17(20)23-8-7-22-15-6-5-13(10-16(15)21-4)9-14(11-18)19-3;1-15-11(9-14)7-10-3-4-12(18-6-5-16)13(8-10)17-2;1-5(2)7(9)11-8(10)6(3)4/h5-6,9-10H,1,7-8H2,2,4H3;3-4,7-8,16H,5-6H2,2H3;1,3H2,2,4H3/b14-9+;11-7+;. The van der Waals surface area contributed by atoms with E-state index in [0.29, 0.717) is 39.7 Å². The highest BCUT2D eigenvalue weighted by Gasteiger charge is 2.11. The minimum absolute atomic E-state index is 0.001000. The predicted molar refractivity (Wildman–Crippen MR) is 191 cm³/mol. The summed E-state index contributed by atoms with van der Waals surface area (Å²) in [7, 11) is 2.98. The first-order chi connectivity index (χ1) is 24.7. The van der Waals surface area contributed by atoms with Crippen LogP contribution in [-0.4, -0.2) is 63.7 Å². The lowest BCUT2D eigenvalue weighted by atomic mass is 10.1. The molecule has 0 saturated carbocycles. The summed E-state index contributed by atoms with van der Waals surface area (Å²) in [6.45, 7) is 28.6. The Kier molecular flexibility index (Phi) is 21.5. The summed E-state index contributed by atoms with van der Waals surface area (Å²) in [6.07, 6.45) is 2.92. The molecule has 0 bridgehead atoms. The van der Waals surface area contributed by atoms with E-state index in [0.717, 1.165) is 0 Å². The van der Waals surface area contributed by atoms with E-state index in [9.17, 15) is 14.4 Å². The summed E-state index contributed by atoms with van der Waals surface area (Å²) in [6, 6.07) is 13.6. The van der Waals surface area contributed by atoms with Crippen LogP contribution in [0.4, 0.5) is 0 Å². The highest BCUT2D eigenvalue weighted by atomic mass is 16.6. The average molecular weight is 711 g/mol. The molecule has 0 atom stereocenters. The molecule has 14 nitrogen and oxygen atoms in total. The molecule has 1 N–H and O–H groups in total. The smallest absolute Gasteiger partial charge is 0.340 e. The molecule has 2 aromatic carbocycles. The van der Waals surface area contributed by atoms with Crippen molar-refractivity contribution in [3.8, 4) is 35.1 Å². The normalized spacial score (nSPS) is 9.88. The molecule has 0 saturated heterocycles. The van der Waals surface area contributed by atoms with Gasteiger partial charge in [0.1, 0.15) is 19.8 Å². The van der Waals surface area contributed by atoms with Crippen molar-refractivity contribution in [1.82, 2.24) is 0 Å². The van der Waals surface area contributed by atoms with Crippen LogP contribution in [0.15, 0.2) is 84.2 Å². The van der Waals surface area contributed by atoms with Crippen molar-refractivity contribution in [1.29, 1.82) is 10.5 Å². The number of ether oxygens (including phenoxy) is 6. The van der Waals surface area contributed by atoms with Crippen molar-refractivity contribution >= 4 is 30.1 Å². The molecule has 14 heteroatoms. The molecule has 0 unspecified atom stereocenters. The number of carbonyl (C=O) groups excluding carboxylic acids is 3. The van der Waals surface area contributed by atoms with Crippen molar-refractivity contribution in [3.05, 3.63) is 118 Å². The Hall–Kier alpha value is -7.13. The molecule has 0 radical (unpaired) electrons. The van der Waals surface area contributed by atoms with Crippen LogP contribution in [0.3, 0.4) is 0 Å². The lowest BCUT2D eigenvalue weighted by Crippen LogP contribution is -2.12. The number of aliphatic hydroxyl groups is 1. The van der Waals surface area contributed by atoms with Crippen LogP contribution in [0.1, 0.15) is 31.9 Å². The van der Waals surface area contributed by atoms with Crippen molar-refractivity contribution < 1.29 is 47.9 Å². The van der Waals surface area contributed by atoms with E-state index in [1.54, 1.807) is 55.5 Å². The lowest BCUT2D eigenvalue weighted by Gasteiger charge is -2.11. The maximum atomic E-state index is 11.2. The number of nitrogens with zero attached hydrogens (tertiary/aromatic N) is 4. The van der Waals surface area contributed by atoms with E-state index < -0.39 is 17.9 Å². The van der Waals surface area contributed by atoms with Gasteiger partial charge in [-0.3, -0.25) is 0 Å². The van der Waals surface area contributed by atoms with Gasteiger partial charge in [0.25, 0.3) is 11.4 Å². The third-order valence-electron chi connectivity index (χ3n) is 5.61. The molecular formula is C38H38N4O10. The van der Waals surface area contributed by atoms with Gasteiger partial charge in [0, 0.05) is 16.7 Å². The Morgan fingerprint density at radius 2 is 1.12 bits per heavy atom. The molecule has 0 fully saturated rings. The van der Waals surface area contributed by atoms with Gasteiger partial charge in [-0.1, -0.05) is 31.9 Å². The number of hydrogen-bond acceptors (Lipinski definition) is 12. The fraction of sp³-hybridized carbons (Fsp3) is 0.237. The third kappa shape index (κ3) is 17.3. The Balaban J connectivity index is 0.000000799. The number of allylic oxidation sites excluding steroid dienone is 2. The first-order valence-electron chi connectivity index (χ1n) is 14.8. The number of nitriles is 2. The van der Waals surface area contributed by atoms with Gasteiger partial charge in [-0.25, -0.2) is 34.6 Å². The van der Waals surface area contributed by atoms with Crippen LogP contribution in [0.25, 0.3) is 21.8 Å². The van der Waals surface area contributed by atoms with Crippen LogP contribution in [0.5, 0.6) is 23.0 Å². The predicted octanol–water partition coefficient (Wildman–Crippen LogP) is 6.04. The Morgan fingerprint density at radius 3 is 1.44 bits per heavy atom. The number of carbonyl (C=O) groups is 3. The highest BCUT2D eigenvalue weighted by molar-refractivity contribution is 6.00. The molecule has 0 heterocycles. The highest BCUT2D eigenvalue weighted by Crippen LogP contribution is 2.30. The number of benzene rings is 2. The van der Waals surface area contributed by atoms with Crippen molar-refractivity contribution in [2.75, 3.05) is 40.6 Å². The van der Waals surface area contributed by atoms with Gasteiger partial charge in [-0.15, -0.1) is 0 Å². The van der Waals surface area contributed by atoms with E-state index in [1.165, 1.54) is 40.2 Å². The zero-order valence-electron chi connectivity index (χ0n) is 29.5. The van der Waals surface area contributed by atoms with Crippen molar-refractivity contribution in [2.24, 2.45) is 0 Å². The van der Waals surface area contributed by atoms with Crippen molar-refractivity contribution in [3.63, 3.8) is 0 Å². The largest absolute Gasteiger partial charge is 0.493 e. The number of aliphatic hydroxyl groups excluding tert-OH is 1. The summed E-state index contributed by atoms with van der Waals surface area (Å²) in [4.78, 5) is 38.7. The van der Waals surface area contributed by atoms with Crippen LogP contribution < -0.4 is 18.9 Å². The lowest BCUT2D eigenvalue weighted by molar-refractivity contribution is -0.154. The molecule has 0 aromatic heterocycles. The molecule has 2 rings (SSSR count). The van der Waals surface area contributed by atoms with E-state index in [2.05, 4.69) is 34.2 Å². The Morgan fingerprint density at radius 1 is 0.712 bits per heavy atom. The minimum Gasteiger partial charge on any atom is -0.493 e. The van der Waals surface area contributed by atoms with Gasteiger partial charge < -0.3 is 33.5 Å². The number of esters is 3. The van der Waals surface area contributed by atoms with Crippen LogP contribution in [0.2, 0.25) is 0 Å². The molecular weight excluding hydrogens is 672 g/mol. The molecule has 270 valence electrons. The van der Waals surface area contributed by atoms with Gasteiger partial charge in [-0.05, 0) is 68.3 Å². The second kappa shape index (κ2) is 24.9.